The van der Waals surface area contributed by atoms with Gasteiger partial charge in [-0.3, -0.25) is 0 Å². The molecule has 0 aliphatic heterocycles. The van der Waals surface area contributed by atoms with E-state index in [0.717, 1.165) is 18.4 Å². The average molecular weight is 235 g/mol. The summed E-state index contributed by atoms with van der Waals surface area (Å²) in [6.07, 6.45) is 7.56. The van der Waals surface area contributed by atoms with Crippen LogP contribution in [-0.2, 0) is 11.0 Å². The molecule has 0 spiro atoms. The Kier molecular flexibility index (Phi) is 4.28. The summed E-state index contributed by atoms with van der Waals surface area (Å²) in [6.45, 7) is 0. The largest absolute Gasteiger partial charge is 0.235 e. The van der Waals surface area contributed by atoms with Gasteiger partial charge in [0.05, 0.1) is 5.25 Å². The van der Waals surface area contributed by atoms with Crippen LogP contribution in [-0.4, -0.2) is 15.7 Å². The molecule has 0 aromatic heterocycles. The molecule has 1 aliphatic carbocycles. The van der Waals surface area contributed by atoms with Crippen LogP contribution in [0.2, 0.25) is 0 Å². The molecule has 0 radical (unpaired) electrons. The van der Waals surface area contributed by atoms with E-state index in [9.17, 15) is 4.21 Å². The number of hydrogen-bond acceptors (Lipinski definition) is 1. The Hall–Kier alpha value is -0.960. The van der Waals surface area contributed by atoms with Crippen LogP contribution in [0.25, 0.3) is 0 Å². The van der Waals surface area contributed by atoms with Gasteiger partial charge < -0.3 is 0 Å². The monoisotopic (exact) mass is 235 g/mol. The van der Waals surface area contributed by atoms with Gasteiger partial charge in [-0.15, -0.1) is 0 Å². The second kappa shape index (κ2) is 5.94. The lowest BCUT2D eigenvalue weighted by atomic mass is 10.0. The zero-order chi connectivity index (χ0) is 11.2. The molecule has 0 saturated heterocycles. The summed E-state index contributed by atoms with van der Waals surface area (Å²) < 4.78 is 16.0. The molecular formula is C13H17NOS. The molecule has 1 saturated carbocycles. The smallest absolute Gasteiger partial charge is 0.142 e. The fourth-order valence-electron chi connectivity index (χ4n) is 2.00. The molecule has 86 valence electrons. The molecule has 0 bridgehead atoms. The molecule has 16 heavy (non-hydrogen) atoms. The van der Waals surface area contributed by atoms with Crippen LogP contribution in [0.3, 0.4) is 0 Å². The standard InChI is InChI=1S/C13H17NOS/c15-16(13-9-5-2-6-10-13)14-11-12-7-3-1-4-8-12/h1,3-4,7-8,11,13H,2,5-6,9-10H2/b14-11+. The van der Waals surface area contributed by atoms with Crippen molar-refractivity contribution in [1.29, 1.82) is 0 Å². The fourth-order valence-corrected chi connectivity index (χ4v) is 3.14. The first-order valence-corrected chi connectivity index (χ1v) is 7.03. The van der Waals surface area contributed by atoms with Crippen molar-refractivity contribution >= 4 is 17.2 Å². The molecular weight excluding hydrogens is 218 g/mol. The van der Waals surface area contributed by atoms with Crippen LogP contribution < -0.4 is 0 Å². The Labute approximate surface area is 99.4 Å². The van der Waals surface area contributed by atoms with Crippen molar-refractivity contribution in [2.45, 2.75) is 37.4 Å². The summed E-state index contributed by atoms with van der Waals surface area (Å²) in [5.74, 6) is 0. The van der Waals surface area contributed by atoms with Gasteiger partial charge in [-0.25, -0.2) is 4.21 Å². The Morgan fingerprint density at radius 2 is 1.81 bits per heavy atom. The van der Waals surface area contributed by atoms with Gasteiger partial charge in [-0.1, -0.05) is 49.6 Å². The number of hydrogen-bond donors (Lipinski definition) is 0. The zero-order valence-corrected chi connectivity index (χ0v) is 10.2. The third kappa shape index (κ3) is 3.27. The van der Waals surface area contributed by atoms with E-state index in [1.165, 1.54) is 19.3 Å². The van der Waals surface area contributed by atoms with Gasteiger partial charge in [0, 0.05) is 6.21 Å². The van der Waals surface area contributed by atoms with Crippen molar-refractivity contribution in [1.82, 2.24) is 0 Å². The summed E-state index contributed by atoms with van der Waals surface area (Å²) in [4.78, 5) is 0. The maximum atomic E-state index is 11.9. The number of benzene rings is 1. The molecule has 1 aromatic rings. The Morgan fingerprint density at radius 1 is 1.12 bits per heavy atom. The van der Waals surface area contributed by atoms with Crippen molar-refractivity contribution in [3.8, 4) is 0 Å². The molecule has 1 aromatic carbocycles. The van der Waals surface area contributed by atoms with Crippen LogP contribution in [0, 0.1) is 0 Å². The number of rotatable bonds is 3. The highest BCUT2D eigenvalue weighted by Crippen LogP contribution is 2.22. The van der Waals surface area contributed by atoms with E-state index in [1.807, 2.05) is 30.3 Å². The van der Waals surface area contributed by atoms with Crippen LogP contribution in [0.4, 0.5) is 0 Å². The van der Waals surface area contributed by atoms with E-state index >= 15 is 0 Å². The van der Waals surface area contributed by atoms with E-state index in [0.29, 0.717) is 0 Å². The minimum absolute atomic E-state index is 0.286. The van der Waals surface area contributed by atoms with Crippen molar-refractivity contribution < 1.29 is 4.21 Å². The summed E-state index contributed by atoms with van der Waals surface area (Å²) in [5, 5.41) is 0.286. The second-order valence-corrected chi connectivity index (χ2v) is 5.61. The Morgan fingerprint density at radius 3 is 2.50 bits per heavy atom. The Bertz CT molecular complexity index is 369. The highest BCUT2D eigenvalue weighted by Gasteiger charge is 2.18. The van der Waals surface area contributed by atoms with Crippen LogP contribution in [0.1, 0.15) is 37.7 Å². The van der Waals surface area contributed by atoms with E-state index < -0.39 is 11.0 Å². The highest BCUT2D eigenvalue weighted by atomic mass is 32.2. The molecule has 0 N–H and O–H groups in total. The van der Waals surface area contributed by atoms with Gasteiger partial charge in [0.15, 0.2) is 0 Å². The maximum Gasteiger partial charge on any atom is 0.142 e. The lowest BCUT2D eigenvalue weighted by molar-refractivity contribution is 0.505. The molecule has 1 atom stereocenters. The van der Waals surface area contributed by atoms with Crippen molar-refractivity contribution in [3.05, 3.63) is 35.9 Å². The van der Waals surface area contributed by atoms with E-state index in [2.05, 4.69) is 4.40 Å². The normalized spacial score (nSPS) is 20.0. The second-order valence-electron chi connectivity index (χ2n) is 4.18. The topological polar surface area (TPSA) is 29.4 Å². The van der Waals surface area contributed by atoms with Gasteiger partial charge in [-0.2, -0.15) is 4.40 Å². The van der Waals surface area contributed by atoms with Gasteiger partial charge in [0.25, 0.3) is 0 Å². The van der Waals surface area contributed by atoms with Crippen LogP contribution in [0.5, 0.6) is 0 Å². The lowest BCUT2D eigenvalue weighted by Gasteiger charge is -2.18. The molecule has 1 fully saturated rings. The van der Waals surface area contributed by atoms with E-state index in [4.69, 9.17) is 0 Å². The van der Waals surface area contributed by atoms with Crippen LogP contribution >= 0.6 is 0 Å². The SMILES string of the molecule is O=S(/N=C/c1ccccc1)C1CCCCC1. The first kappa shape index (κ1) is 11.5. The quantitative estimate of drug-likeness (QED) is 0.740. The first-order valence-electron chi connectivity index (χ1n) is 5.86. The third-order valence-electron chi connectivity index (χ3n) is 2.94. The maximum absolute atomic E-state index is 11.9. The molecule has 0 amide bonds. The zero-order valence-electron chi connectivity index (χ0n) is 9.34. The highest BCUT2D eigenvalue weighted by molar-refractivity contribution is 7.84. The lowest BCUT2D eigenvalue weighted by Crippen LogP contribution is -2.16. The fraction of sp³-hybridized carbons (Fsp3) is 0.462. The minimum Gasteiger partial charge on any atom is -0.235 e. The summed E-state index contributed by atoms with van der Waals surface area (Å²) in [5.41, 5.74) is 1.02. The average Bonchev–Trinajstić information content (AvgIpc) is 2.38. The van der Waals surface area contributed by atoms with Crippen molar-refractivity contribution in [2.75, 3.05) is 0 Å². The van der Waals surface area contributed by atoms with E-state index in [1.54, 1.807) is 6.21 Å². The molecule has 1 unspecified atom stereocenters. The summed E-state index contributed by atoms with van der Waals surface area (Å²) in [7, 11) is -1.04. The molecule has 2 rings (SSSR count). The molecule has 2 nitrogen and oxygen atoms in total. The van der Waals surface area contributed by atoms with E-state index in [-0.39, 0.29) is 5.25 Å². The first-order chi connectivity index (χ1) is 7.86. The predicted octanol–water partition coefficient (Wildman–Crippen LogP) is 3.10. The van der Waals surface area contributed by atoms with Crippen molar-refractivity contribution in [3.63, 3.8) is 0 Å². The van der Waals surface area contributed by atoms with Gasteiger partial charge in [-0.05, 0) is 18.4 Å². The van der Waals surface area contributed by atoms with Gasteiger partial charge >= 0.3 is 0 Å². The number of nitrogens with zero attached hydrogens (tertiary/aromatic N) is 1. The minimum atomic E-state index is -1.04. The summed E-state index contributed by atoms with van der Waals surface area (Å²) >= 11 is 0. The van der Waals surface area contributed by atoms with Gasteiger partial charge in [0.1, 0.15) is 11.0 Å². The van der Waals surface area contributed by atoms with Crippen molar-refractivity contribution in [2.24, 2.45) is 4.40 Å². The Balaban J connectivity index is 1.93. The predicted molar refractivity (Wildman–Crippen MR) is 69.1 cm³/mol. The molecule has 3 heteroatoms. The summed E-state index contributed by atoms with van der Waals surface area (Å²) in [6, 6.07) is 9.84. The van der Waals surface area contributed by atoms with Crippen LogP contribution in [0.15, 0.2) is 34.7 Å². The van der Waals surface area contributed by atoms with Gasteiger partial charge in [0.2, 0.25) is 0 Å². The third-order valence-corrected chi connectivity index (χ3v) is 4.30. The molecule has 0 heterocycles. The molecule has 1 aliphatic rings.